The Labute approximate surface area is 99.2 Å². The largest absolute Gasteiger partial charge is 0.361 e. The van der Waals surface area contributed by atoms with Gasteiger partial charge in [-0.25, -0.2) is 5.84 Å². The minimum Gasteiger partial charge on any atom is -0.361 e. The molecule has 0 saturated heterocycles. The lowest BCUT2D eigenvalue weighted by Gasteiger charge is -2.06. The lowest BCUT2D eigenvalue weighted by Crippen LogP contribution is -2.40. The smallest absolute Gasteiger partial charge is 0.180 e. The van der Waals surface area contributed by atoms with Crippen LogP contribution < -0.4 is 16.6 Å². The lowest BCUT2D eigenvalue weighted by molar-refractivity contribution is 0.837. The Morgan fingerprint density at radius 2 is 2.25 bits per heavy atom. The molecule has 16 heavy (non-hydrogen) atoms. The van der Waals surface area contributed by atoms with Crippen molar-refractivity contribution in [3.05, 3.63) is 36.0 Å². The van der Waals surface area contributed by atoms with Crippen LogP contribution in [0.1, 0.15) is 5.56 Å². The monoisotopic (exact) mass is 234 g/mol. The second kappa shape index (κ2) is 4.96. The Morgan fingerprint density at radius 3 is 3.06 bits per heavy atom. The zero-order chi connectivity index (χ0) is 11.4. The number of thiocarbonyl (C=S) groups is 1. The molecule has 84 valence electrons. The molecule has 0 radical (unpaired) electrons. The number of fused-ring (bicyclic) bond motifs is 1. The van der Waals surface area contributed by atoms with Gasteiger partial charge in [-0.3, -0.25) is 0 Å². The molecule has 0 atom stereocenters. The van der Waals surface area contributed by atoms with E-state index in [9.17, 15) is 0 Å². The summed E-state index contributed by atoms with van der Waals surface area (Å²) in [6.45, 7) is 0.777. The maximum absolute atomic E-state index is 5.15. The van der Waals surface area contributed by atoms with Crippen LogP contribution in [0, 0.1) is 0 Å². The number of benzene rings is 1. The average molecular weight is 234 g/mol. The van der Waals surface area contributed by atoms with Gasteiger partial charge in [0.05, 0.1) is 0 Å². The summed E-state index contributed by atoms with van der Waals surface area (Å²) in [5, 5.41) is 4.72. The summed E-state index contributed by atoms with van der Waals surface area (Å²) in [6, 6.07) is 8.44. The predicted molar refractivity (Wildman–Crippen MR) is 69.9 cm³/mol. The van der Waals surface area contributed by atoms with Gasteiger partial charge < -0.3 is 15.7 Å². The SMILES string of the molecule is NNC(=S)NCCc1ccc2[nH]ccc2c1. The van der Waals surface area contributed by atoms with Crippen LogP contribution in [0.15, 0.2) is 30.5 Å². The summed E-state index contributed by atoms with van der Waals surface area (Å²) < 4.78 is 0. The van der Waals surface area contributed by atoms with Gasteiger partial charge in [0, 0.05) is 18.3 Å². The molecule has 0 aliphatic rings. The van der Waals surface area contributed by atoms with Crippen LogP contribution >= 0.6 is 12.2 Å². The van der Waals surface area contributed by atoms with E-state index in [1.807, 2.05) is 6.20 Å². The van der Waals surface area contributed by atoms with Crippen molar-refractivity contribution in [1.82, 2.24) is 15.7 Å². The van der Waals surface area contributed by atoms with Crippen LogP contribution in [0.5, 0.6) is 0 Å². The van der Waals surface area contributed by atoms with Crippen LogP contribution in [0.25, 0.3) is 10.9 Å². The average Bonchev–Trinajstić information content (AvgIpc) is 2.76. The number of aromatic amines is 1. The fourth-order valence-electron chi connectivity index (χ4n) is 1.63. The molecule has 0 aliphatic heterocycles. The molecule has 1 aromatic carbocycles. The quantitative estimate of drug-likeness (QED) is 0.364. The third-order valence-electron chi connectivity index (χ3n) is 2.45. The van der Waals surface area contributed by atoms with E-state index in [-0.39, 0.29) is 0 Å². The summed E-state index contributed by atoms with van der Waals surface area (Å²) in [6.07, 6.45) is 2.86. The summed E-state index contributed by atoms with van der Waals surface area (Å²) in [4.78, 5) is 3.17. The fourth-order valence-corrected chi connectivity index (χ4v) is 1.73. The summed E-state index contributed by atoms with van der Waals surface area (Å²) >= 11 is 4.88. The van der Waals surface area contributed by atoms with Crippen molar-refractivity contribution < 1.29 is 0 Å². The van der Waals surface area contributed by atoms with Crippen molar-refractivity contribution in [2.24, 2.45) is 5.84 Å². The van der Waals surface area contributed by atoms with E-state index in [0.717, 1.165) is 18.5 Å². The van der Waals surface area contributed by atoms with E-state index in [0.29, 0.717) is 5.11 Å². The Balaban J connectivity index is 1.96. The molecular formula is C11H14N4S. The van der Waals surface area contributed by atoms with E-state index in [1.165, 1.54) is 10.9 Å². The molecule has 0 aliphatic carbocycles. The van der Waals surface area contributed by atoms with Gasteiger partial charge in [-0.2, -0.15) is 0 Å². The molecule has 0 fully saturated rings. The van der Waals surface area contributed by atoms with Crippen molar-refractivity contribution in [2.45, 2.75) is 6.42 Å². The Morgan fingerprint density at radius 1 is 1.38 bits per heavy atom. The number of aromatic nitrogens is 1. The van der Waals surface area contributed by atoms with E-state index in [1.54, 1.807) is 0 Å². The minimum absolute atomic E-state index is 0.475. The highest BCUT2D eigenvalue weighted by Gasteiger charge is 1.98. The molecular weight excluding hydrogens is 220 g/mol. The number of nitrogens with two attached hydrogens (primary N) is 1. The topological polar surface area (TPSA) is 65.9 Å². The second-order valence-electron chi connectivity index (χ2n) is 3.55. The van der Waals surface area contributed by atoms with Gasteiger partial charge in [0.2, 0.25) is 0 Å². The molecule has 0 unspecified atom stereocenters. The molecule has 0 spiro atoms. The van der Waals surface area contributed by atoms with Gasteiger partial charge in [0.25, 0.3) is 0 Å². The first-order valence-electron chi connectivity index (χ1n) is 5.10. The van der Waals surface area contributed by atoms with E-state index < -0.39 is 0 Å². The van der Waals surface area contributed by atoms with Crippen LogP contribution in [0.3, 0.4) is 0 Å². The molecule has 0 saturated carbocycles. The Kier molecular flexibility index (Phi) is 3.38. The van der Waals surface area contributed by atoms with Gasteiger partial charge >= 0.3 is 0 Å². The number of hydrogen-bond donors (Lipinski definition) is 4. The predicted octanol–water partition coefficient (Wildman–Crippen LogP) is 1.05. The van der Waals surface area contributed by atoms with Gasteiger partial charge in [-0.05, 0) is 47.8 Å². The third kappa shape index (κ3) is 2.50. The molecule has 4 nitrogen and oxygen atoms in total. The van der Waals surface area contributed by atoms with Crippen molar-refractivity contribution in [1.29, 1.82) is 0 Å². The first kappa shape index (κ1) is 10.9. The summed E-state index contributed by atoms with van der Waals surface area (Å²) in [5.41, 5.74) is 4.83. The van der Waals surface area contributed by atoms with Crippen LogP contribution in [-0.2, 0) is 6.42 Å². The van der Waals surface area contributed by atoms with Crippen molar-refractivity contribution in [3.63, 3.8) is 0 Å². The van der Waals surface area contributed by atoms with E-state index in [4.69, 9.17) is 18.1 Å². The fraction of sp³-hybridized carbons (Fsp3) is 0.182. The number of rotatable bonds is 3. The molecule has 1 heterocycles. The Bertz CT molecular complexity index is 491. The first-order chi connectivity index (χ1) is 7.79. The number of hydrazine groups is 1. The van der Waals surface area contributed by atoms with Crippen LogP contribution in [0.4, 0.5) is 0 Å². The maximum atomic E-state index is 5.15. The maximum Gasteiger partial charge on any atom is 0.180 e. The summed E-state index contributed by atoms with van der Waals surface area (Å²) in [7, 11) is 0. The van der Waals surface area contributed by atoms with Gasteiger partial charge in [-0.1, -0.05) is 6.07 Å². The molecule has 2 aromatic rings. The third-order valence-corrected chi connectivity index (χ3v) is 2.71. The molecule has 2 rings (SSSR count). The number of H-pyrrole nitrogens is 1. The normalized spacial score (nSPS) is 10.3. The van der Waals surface area contributed by atoms with E-state index >= 15 is 0 Å². The highest BCUT2D eigenvalue weighted by Crippen LogP contribution is 2.14. The second-order valence-corrected chi connectivity index (χ2v) is 3.96. The zero-order valence-corrected chi connectivity index (χ0v) is 9.60. The van der Waals surface area contributed by atoms with Crippen LogP contribution in [0.2, 0.25) is 0 Å². The first-order valence-corrected chi connectivity index (χ1v) is 5.51. The molecule has 0 amide bonds. The molecule has 1 aromatic heterocycles. The lowest BCUT2D eigenvalue weighted by atomic mass is 10.1. The number of nitrogens with one attached hydrogen (secondary N) is 3. The zero-order valence-electron chi connectivity index (χ0n) is 8.79. The molecule has 5 heteroatoms. The van der Waals surface area contributed by atoms with E-state index in [2.05, 4.69) is 40.0 Å². The summed E-state index contributed by atoms with van der Waals surface area (Å²) in [5.74, 6) is 5.15. The van der Waals surface area contributed by atoms with Crippen molar-refractivity contribution >= 4 is 28.2 Å². The van der Waals surface area contributed by atoms with Gasteiger partial charge in [-0.15, -0.1) is 0 Å². The molecule has 5 N–H and O–H groups in total. The highest BCUT2D eigenvalue weighted by molar-refractivity contribution is 7.80. The van der Waals surface area contributed by atoms with Crippen molar-refractivity contribution in [2.75, 3.05) is 6.54 Å². The minimum atomic E-state index is 0.475. The Hall–Kier alpha value is -1.59. The molecule has 0 bridgehead atoms. The van der Waals surface area contributed by atoms with Crippen LogP contribution in [-0.4, -0.2) is 16.6 Å². The van der Waals surface area contributed by atoms with Crippen molar-refractivity contribution in [3.8, 4) is 0 Å². The number of hydrogen-bond acceptors (Lipinski definition) is 2. The van der Waals surface area contributed by atoms with Gasteiger partial charge in [0.1, 0.15) is 0 Å². The standard InChI is InChI=1S/C11H14N4S/c12-15-11(16)14-5-3-8-1-2-10-9(7-8)4-6-13-10/h1-2,4,6-7,13H,3,5,12H2,(H2,14,15,16). The van der Waals surface area contributed by atoms with Gasteiger partial charge in [0.15, 0.2) is 5.11 Å². The highest BCUT2D eigenvalue weighted by atomic mass is 32.1.